The molecule has 0 saturated carbocycles. The molecular formula is C12H15BrN4. The Balaban J connectivity index is 2.50. The lowest BCUT2D eigenvalue weighted by Crippen LogP contribution is -2.07. The second-order valence-corrected chi connectivity index (χ2v) is 5.05. The lowest BCUT2D eigenvalue weighted by Gasteiger charge is -2.04. The summed E-state index contributed by atoms with van der Waals surface area (Å²) in [5.74, 6) is 1.91. The average molecular weight is 295 g/mol. The zero-order valence-electron chi connectivity index (χ0n) is 9.89. The molecule has 0 unspecified atom stereocenters. The molecule has 0 amide bonds. The van der Waals surface area contributed by atoms with E-state index in [9.17, 15) is 0 Å². The van der Waals surface area contributed by atoms with E-state index in [1.54, 1.807) is 4.68 Å². The van der Waals surface area contributed by atoms with Gasteiger partial charge in [-0.1, -0.05) is 35.8 Å². The van der Waals surface area contributed by atoms with E-state index in [2.05, 4.69) is 39.9 Å². The molecule has 0 atom stereocenters. The predicted molar refractivity (Wildman–Crippen MR) is 71.0 cm³/mol. The molecule has 2 rings (SSSR count). The number of hydrogen-bond donors (Lipinski definition) is 1. The van der Waals surface area contributed by atoms with Gasteiger partial charge in [-0.2, -0.15) is 5.10 Å². The van der Waals surface area contributed by atoms with Crippen LogP contribution in [-0.2, 0) is 6.54 Å². The van der Waals surface area contributed by atoms with Crippen molar-refractivity contribution in [2.45, 2.75) is 26.3 Å². The molecule has 90 valence electrons. The fraction of sp³-hybridized carbons (Fsp3) is 0.333. The molecule has 0 radical (unpaired) electrons. The van der Waals surface area contributed by atoms with Gasteiger partial charge in [0.15, 0.2) is 5.82 Å². The molecule has 1 heterocycles. The van der Waals surface area contributed by atoms with Gasteiger partial charge in [-0.05, 0) is 18.2 Å². The van der Waals surface area contributed by atoms with E-state index in [4.69, 9.17) is 5.73 Å². The van der Waals surface area contributed by atoms with Gasteiger partial charge in [-0.3, -0.25) is 0 Å². The number of rotatable bonds is 3. The SMILES string of the molecule is CC(C)c1nc(CN)n(-c2cccc(Br)c2)n1. The number of halogens is 1. The first kappa shape index (κ1) is 12.3. The van der Waals surface area contributed by atoms with Crippen LogP contribution in [0.25, 0.3) is 5.69 Å². The molecular weight excluding hydrogens is 280 g/mol. The van der Waals surface area contributed by atoms with Crippen LogP contribution >= 0.6 is 15.9 Å². The Morgan fingerprint density at radius 2 is 2.18 bits per heavy atom. The lowest BCUT2D eigenvalue weighted by molar-refractivity contribution is 0.745. The Morgan fingerprint density at radius 1 is 1.41 bits per heavy atom. The maximum absolute atomic E-state index is 5.70. The van der Waals surface area contributed by atoms with Crippen LogP contribution in [0.1, 0.15) is 31.4 Å². The van der Waals surface area contributed by atoms with Crippen molar-refractivity contribution in [1.82, 2.24) is 14.8 Å². The highest BCUT2D eigenvalue weighted by molar-refractivity contribution is 9.10. The van der Waals surface area contributed by atoms with Gasteiger partial charge in [0.25, 0.3) is 0 Å². The third kappa shape index (κ3) is 2.56. The van der Waals surface area contributed by atoms with Crippen molar-refractivity contribution in [3.8, 4) is 5.69 Å². The molecule has 4 nitrogen and oxygen atoms in total. The van der Waals surface area contributed by atoms with Crippen molar-refractivity contribution < 1.29 is 0 Å². The Hall–Kier alpha value is -1.20. The van der Waals surface area contributed by atoms with Gasteiger partial charge < -0.3 is 5.73 Å². The summed E-state index contributed by atoms with van der Waals surface area (Å²) in [7, 11) is 0. The number of aromatic nitrogens is 3. The molecule has 0 saturated heterocycles. The Morgan fingerprint density at radius 3 is 2.76 bits per heavy atom. The van der Waals surface area contributed by atoms with Crippen molar-refractivity contribution in [1.29, 1.82) is 0 Å². The lowest BCUT2D eigenvalue weighted by atomic mass is 10.2. The minimum absolute atomic E-state index is 0.300. The predicted octanol–water partition coefficient (Wildman–Crippen LogP) is 2.61. The second kappa shape index (κ2) is 4.98. The van der Waals surface area contributed by atoms with Crippen molar-refractivity contribution in [3.63, 3.8) is 0 Å². The van der Waals surface area contributed by atoms with Gasteiger partial charge in [-0.25, -0.2) is 9.67 Å². The first-order valence-electron chi connectivity index (χ1n) is 5.53. The van der Waals surface area contributed by atoms with Crippen molar-refractivity contribution in [2.75, 3.05) is 0 Å². The van der Waals surface area contributed by atoms with Crippen molar-refractivity contribution in [3.05, 3.63) is 40.4 Å². The summed E-state index contributed by atoms with van der Waals surface area (Å²) < 4.78 is 2.82. The third-order valence-corrected chi connectivity index (χ3v) is 2.94. The van der Waals surface area contributed by atoms with E-state index in [0.717, 1.165) is 21.8 Å². The molecule has 17 heavy (non-hydrogen) atoms. The summed E-state index contributed by atoms with van der Waals surface area (Å²) in [6.07, 6.45) is 0. The van der Waals surface area contributed by atoms with E-state index in [1.807, 2.05) is 24.3 Å². The molecule has 0 aliphatic carbocycles. The Kier molecular flexibility index (Phi) is 3.59. The first-order valence-corrected chi connectivity index (χ1v) is 6.33. The highest BCUT2D eigenvalue weighted by Crippen LogP contribution is 2.18. The van der Waals surface area contributed by atoms with Crippen LogP contribution in [0.3, 0.4) is 0 Å². The first-order chi connectivity index (χ1) is 8.11. The number of nitrogens with two attached hydrogens (primary N) is 1. The van der Waals surface area contributed by atoms with Crippen molar-refractivity contribution in [2.24, 2.45) is 5.73 Å². The number of nitrogens with zero attached hydrogens (tertiary/aromatic N) is 3. The molecule has 2 N–H and O–H groups in total. The second-order valence-electron chi connectivity index (χ2n) is 4.14. The summed E-state index contributed by atoms with van der Waals surface area (Å²) in [5, 5.41) is 4.50. The molecule has 0 spiro atoms. The summed E-state index contributed by atoms with van der Waals surface area (Å²) in [4.78, 5) is 4.45. The van der Waals surface area contributed by atoms with Gasteiger partial charge in [0.05, 0.1) is 12.2 Å². The zero-order valence-corrected chi connectivity index (χ0v) is 11.5. The molecule has 1 aromatic carbocycles. The van der Waals surface area contributed by atoms with E-state index in [0.29, 0.717) is 12.5 Å². The fourth-order valence-corrected chi connectivity index (χ4v) is 1.94. The van der Waals surface area contributed by atoms with Crippen LogP contribution in [0, 0.1) is 0 Å². The summed E-state index contributed by atoms with van der Waals surface area (Å²) in [6, 6.07) is 7.93. The Labute approximate surface area is 109 Å². The molecule has 5 heteroatoms. The van der Waals surface area contributed by atoms with Crippen molar-refractivity contribution >= 4 is 15.9 Å². The smallest absolute Gasteiger partial charge is 0.153 e. The van der Waals surface area contributed by atoms with E-state index in [-0.39, 0.29) is 0 Å². The third-order valence-electron chi connectivity index (χ3n) is 2.44. The standard InChI is InChI=1S/C12H15BrN4/c1-8(2)12-15-11(7-14)17(16-12)10-5-3-4-9(13)6-10/h3-6,8H,7,14H2,1-2H3. The van der Waals surface area contributed by atoms with Gasteiger partial charge in [0, 0.05) is 10.4 Å². The molecule has 0 aliphatic rings. The average Bonchev–Trinajstić information content (AvgIpc) is 2.73. The Bertz CT molecular complexity index is 519. The fourth-order valence-electron chi connectivity index (χ4n) is 1.55. The molecule has 1 aromatic heterocycles. The maximum atomic E-state index is 5.70. The van der Waals surface area contributed by atoms with Crippen LogP contribution in [-0.4, -0.2) is 14.8 Å². The maximum Gasteiger partial charge on any atom is 0.153 e. The van der Waals surface area contributed by atoms with E-state index < -0.39 is 0 Å². The number of hydrogen-bond acceptors (Lipinski definition) is 3. The summed E-state index contributed by atoms with van der Waals surface area (Å²) >= 11 is 3.45. The zero-order chi connectivity index (χ0) is 12.4. The minimum Gasteiger partial charge on any atom is -0.324 e. The van der Waals surface area contributed by atoms with Crippen LogP contribution in [0.2, 0.25) is 0 Å². The molecule has 0 fully saturated rings. The summed E-state index contributed by atoms with van der Waals surface area (Å²) in [5.41, 5.74) is 6.68. The molecule has 0 bridgehead atoms. The minimum atomic E-state index is 0.300. The monoisotopic (exact) mass is 294 g/mol. The van der Waals surface area contributed by atoms with Gasteiger partial charge in [-0.15, -0.1) is 0 Å². The molecule has 2 aromatic rings. The van der Waals surface area contributed by atoms with Gasteiger partial charge in [0.2, 0.25) is 0 Å². The highest BCUT2D eigenvalue weighted by Gasteiger charge is 2.12. The van der Waals surface area contributed by atoms with E-state index in [1.165, 1.54) is 0 Å². The highest BCUT2D eigenvalue weighted by atomic mass is 79.9. The van der Waals surface area contributed by atoms with Gasteiger partial charge >= 0.3 is 0 Å². The summed E-state index contributed by atoms with van der Waals surface area (Å²) in [6.45, 7) is 4.52. The van der Waals surface area contributed by atoms with Crippen LogP contribution in [0.15, 0.2) is 28.7 Å². The largest absolute Gasteiger partial charge is 0.324 e. The van der Waals surface area contributed by atoms with Crippen LogP contribution < -0.4 is 5.73 Å². The number of benzene rings is 1. The topological polar surface area (TPSA) is 56.7 Å². The quantitative estimate of drug-likeness (QED) is 0.947. The van der Waals surface area contributed by atoms with Gasteiger partial charge in [0.1, 0.15) is 5.82 Å². The van der Waals surface area contributed by atoms with Crippen LogP contribution in [0.5, 0.6) is 0 Å². The normalized spacial score (nSPS) is 11.1. The van der Waals surface area contributed by atoms with E-state index >= 15 is 0 Å². The molecule has 0 aliphatic heterocycles. The van der Waals surface area contributed by atoms with Crippen LogP contribution in [0.4, 0.5) is 0 Å².